The van der Waals surface area contributed by atoms with Gasteiger partial charge < -0.3 is 4.90 Å². The Morgan fingerprint density at radius 3 is 2.50 bits per heavy atom. The molecule has 1 fully saturated rings. The number of aryl methyl sites for hydroxylation is 3. The Bertz CT molecular complexity index is 669. The van der Waals surface area contributed by atoms with E-state index < -0.39 is 0 Å². The van der Waals surface area contributed by atoms with Crippen molar-refractivity contribution in [2.24, 2.45) is 5.92 Å². The Labute approximate surface area is 144 Å². The zero-order valence-electron chi connectivity index (χ0n) is 14.7. The summed E-state index contributed by atoms with van der Waals surface area (Å²) in [4.78, 5) is 14.4. The van der Waals surface area contributed by atoms with Gasteiger partial charge in [-0.3, -0.25) is 9.48 Å². The minimum atomic E-state index is 0.295. The van der Waals surface area contributed by atoms with Crippen LogP contribution in [-0.4, -0.2) is 33.7 Å². The second kappa shape index (κ2) is 7.65. The number of benzene rings is 1. The first-order chi connectivity index (χ1) is 11.6. The lowest BCUT2D eigenvalue weighted by Gasteiger charge is -2.32. The Morgan fingerprint density at radius 1 is 1.17 bits per heavy atom. The lowest BCUT2D eigenvalue weighted by molar-refractivity contribution is -0.132. The number of hydrogen-bond donors (Lipinski definition) is 0. The first-order valence-corrected chi connectivity index (χ1v) is 8.94. The van der Waals surface area contributed by atoms with Crippen molar-refractivity contribution in [3.63, 3.8) is 0 Å². The average molecular weight is 325 g/mol. The minimum Gasteiger partial charge on any atom is -0.343 e. The molecule has 0 spiro atoms. The van der Waals surface area contributed by atoms with Gasteiger partial charge >= 0.3 is 0 Å². The Morgan fingerprint density at radius 2 is 1.88 bits per heavy atom. The van der Waals surface area contributed by atoms with Gasteiger partial charge in [0.15, 0.2) is 0 Å². The zero-order chi connectivity index (χ0) is 16.9. The number of likely N-dealkylation sites (tertiary alicyclic amines) is 1. The summed E-state index contributed by atoms with van der Waals surface area (Å²) in [7, 11) is 0. The van der Waals surface area contributed by atoms with Crippen molar-refractivity contribution in [1.82, 2.24) is 14.7 Å². The van der Waals surface area contributed by atoms with Crippen LogP contribution in [0.4, 0.5) is 0 Å². The van der Waals surface area contributed by atoms with Gasteiger partial charge in [0.2, 0.25) is 5.91 Å². The molecule has 2 aromatic rings. The van der Waals surface area contributed by atoms with Crippen LogP contribution in [0.3, 0.4) is 0 Å². The molecule has 0 saturated carbocycles. The molecule has 24 heavy (non-hydrogen) atoms. The van der Waals surface area contributed by atoms with Crippen molar-refractivity contribution in [1.29, 1.82) is 0 Å². The Hall–Kier alpha value is -2.10. The van der Waals surface area contributed by atoms with E-state index in [1.54, 1.807) is 0 Å². The van der Waals surface area contributed by atoms with Crippen LogP contribution in [0.1, 0.15) is 36.2 Å². The highest BCUT2D eigenvalue weighted by Gasteiger charge is 2.23. The van der Waals surface area contributed by atoms with Crippen molar-refractivity contribution in [3.8, 4) is 0 Å². The van der Waals surface area contributed by atoms with E-state index in [9.17, 15) is 4.79 Å². The maximum atomic E-state index is 12.4. The molecule has 0 aliphatic carbocycles. The number of amides is 1. The van der Waals surface area contributed by atoms with Crippen LogP contribution in [0.2, 0.25) is 0 Å². The van der Waals surface area contributed by atoms with Crippen molar-refractivity contribution >= 4 is 5.91 Å². The van der Waals surface area contributed by atoms with Gasteiger partial charge in [0.25, 0.3) is 0 Å². The van der Waals surface area contributed by atoms with E-state index in [-0.39, 0.29) is 0 Å². The summed E-state index contributed by atoms with van der Waals surface area (Å²) in [5.41, 5.74) is 3.56. The van der Waals surface area contributed by atoms with Gasteiger partial charge in [-0.25, -0.2) is 0 Å². The molecule has 0 radical (unpaired) electrons. The molecule has 3 rings (SSSR count). The van der Waals surface area contributed by atoms with E-state index in [0.717, 1.165) is 44.6 Å². The van der Waals surface area contributed by atoms with Gasteiger partial charge in [-0.2, -0.15) is 5.10 Å². The summed E-state index contributed by atoms with van der Waals surface area (Å²) >= 11 is 0. The topological polar surface area (TPSA) is 38.1 Å². The third-order valence-corrected chi connectivity index (χ3v) is 4.97. The molecule has 4 heteroatoms. The smallest absolute Gasteiger partial charge is 0.222 e. The average Bonchev–Trinajstić information content (AvgIpc) is 2.91. The van der Waals surface area contributed by atoms with Crippen LogP contribution in [0.5, 0.6) is 0 Å². The Kier molecular flexibility index (Phi) is 5.34. The van der Waals surface area contributed by atoms with Gasteiger partial charge in [-0.15, -0.1) is 0 Å². The van der Waals surface area contributed by atoms with Crippen LogP contribution in [-0.2, 0) is 17.8 Å². The van der Waals surface area contributed by atoms with E-state index in [0.29, 0.717) is 18.2 Å². The Balaban J connectivity index is 1.44. The predicted octanol–water partition coefficient (Wildman–Crippen LogP) is 3.37. The minimum absolute atomic E-state index is 0.295. The number of rotatable bonds is 5. The molecule has 128 valence electrons. The number of piperidine rings is 1. The van der Waals surface area contributed by atoms with Crippen LogP contribution in [0.15, 0.2) is 36.4 Å². The fourth-order valence-electron chi connectivity index (χ4n) is 3.52. The van der Waals surface area contributed by atoms with E-state index in [1.807, 2.05) is 30.0 Å². The van der Waals surface area contributed by atoms with E-state index in [1.165, 1.54) is 11.3 Å². The summed E-state index contributed by atoms with van der Waals surface area (Å²) in [5, 5.41) is 4.56. The third-order valence-electron chi connectivity index (χ3n) is 4.97. The fourth-order valence-corrected chi connectivity index (χ4v) is 3.52. The molecule has 0 bridgehead atoms. The van der Waals surface area contributed by atoms with Crippen LogP contribution in [0, 0.1) is 19.8 Å². The van der Waals surface area contributed by atoms with Crippen molar-refractivity contribution in [2.45, 2.75) is 46.1 Å². The van der Waals surface area contributed by atoms with Gasteiger partial charge in [-0.05, 0) is 50.7 Å². The number of aromatic nitrogens is 2. The molecule has 1 saturated heterocycles. The molecule has 1 aromatic carbocycles. The number of carbonyl (C=O) groups is 1. The molecular weight excluding hydrogens is 298 g/mol. The fraction of sp³-hybridized carbons (Fsp3) is 0.500. The third kappa shape index (κ3) is 4.25. The summed E-state index contributed by atoms with van der Waals surface area (Å²) < 4.78 is 2.12. The molecular formula is C20H27N3O. The first kappa shape index (κ1) is 16.7. The molecule has 1 amide bonds. The van der Waals surface area contributed by atoms with E-state index in [4.69, 9.17) is 0 Å². The summed E-state index contributed by atoms with van der Waals surface area (Å²) in [5.74, 6) is 0.921. The molecule has 0 N–H and O–H groups in total. The van der Waals surface area contributed by atoms with Crippen molar-refractivity contribution < 1.29 is 4.79 Å². The molecule has 0 unspecified atom stereocenters. The maximum Gasteiger partial charge on any atom is 0.222 e. The van der Waals surface area contributed by atoms with E-state index >= 15 is 0 Å². The van der Waals surface area contributed by atoms with Gasteiger partial charge in [0.05, 0.1) is 5.69 Å². The van der Waals surface area contributed by atoms with Crippen molar-refractivity contribution in [3.05, 3.63) is 53.3 Å². The predicted molar refractivity (Wildman–Crippen MR) is 95.8 cm³/mol. The highest BCUT2D eigenvalue weighted by atomic mass is 16.2. The molecule has 2 heterocycles. The summed E-state index contributed by atoms with van der Waals surface area (Å²) in [6, 6.07) is 12.4. The van der Waals surface area contributed by atoms with E-state index in [2.05, 4.69) is 34.9 Å². The largest absolute Gasteiger partial charge is 0.343 e. The lowest BCUT2D eigenvalue weighted by Crippen LogP contribution is -2.39. The summed E-state index contributed by atoms with van der Waals surface area (Å²) in [6.45, 7) is 6.90. The first-order valence-electron chi connectivity index (χ1n) is 8.94. The highest BCUT2D eigenvalue weighted by molar-refractivity contribution is 5.76. The molecule has 1 aromatic heterocycles. The van der Waals surface area contributed by atoms with Crippen LogP contribution >= 0.6 is 0 Å². The lowest BCUT2D eigenvalue weighted by atomic mass is 9.96. The second-order valence-electron chi connectivity index (χ2n) is 6.92. The normalized spacial score (nSPS) is 15.7. The van der Waals surface area contributed by atoms with Crippen molar-refractivity contribution in [2.75, 3.05) is 13.1 Å². The summed E-state index contributed by atoms with van der Waals surface area (Å²) in [6.07, 6.45) is 3.61. The molecule has 4 nitrogen and oxygen atoms in total. The molecule has 0 atom stereocenters. The molecule has 1 aliphatic heterocycles. The van der Waals surface area contributed by atoms with Gasteiger partial charge in [0.1, 0.15) is 0 Å². The van der Waals surface area contributed by atoms with Crippen LogP contribution in [0.25, 0.3) is 0 Å². The molecule has 1 aliphatic rings. The quantitative estimate of drug-likeness (QED) is 0.845. The maximum absolute atomic E-state index is 12.4. The van der Waals surface area contributed by atoms with Gasteiger partial charge in [0, 0.05) is 31.7 Å². The number of hydrogen-bond acceptors (Lipinski definition) is 2. The number of nitrogens with zero attached hydrogens (tertiary/aromatic N) is 3. The highest BCUT2D eigenvalue weighted by Crippen LogP contribution is 2.21. The standard InChI is InChI=1S/C20H27N3O/c1-16-14-17(2)23(21-16)15-19-10-12-22(13-11-19)20(24)9-8-18-6-4-3-5-7-18/h3-7,14,19H,8-13,15H2,1-2H3. The SMILES string of the molecule is Cc1cc(C)n(CC2CCN(C(=O)CCc3ccccc3)CC2)n1. The monoisotopic (exact) mass is 325 g/mol. The number of carbonyl (C=O) groups excluding carboxylic acids is 1. The second-order valence-corrected chi connectivity index (χ2v) is 6.92. The van der Waals surface area contributed by atoms with Crippen LogP contribution < -0.4 is 0 Å². The van der Waals surface area contributed by atoms with Gasteiger partial charge in [-0.1, -0.05) is 30.3 Å². The zero-order valence-corrected chi connectivity index (χ0v) is 14.7.